The van der Waals surface area contributed by atoms with Gasteiger partial charge in [0.1, 0.15) is 6.04 Å². The van der Waals surface area contributed by atoms with Crippen LogP contribution >= 0.6 is 15.9 Å². The summed E-state index contributed by atoms with van der Waals surface area (Å²) in [5.74, 6) is -1.38. The maximum absolute atomic E-state index is 11.9. The van der Waals surface area contributed by atoms with Gasteiger partial charge >= 0.3 is 5.97 Å². The number of halogens is 1. The zero-order valence-corrected chi connectivity index (χ0v) is 11.2. The molecule has 92 valence electrons. The van der Waals surface area contributed by atoms with E-state index in [0.717, 1.165) is 10.0 Å². The maximum atomic E-state index is 11.9. The van der Waals surface area contributed by atoms with E-state index in [0.29, 0.717) is 12.0 Å². The Labute approximate surface area is 108 Å². The summed E-state index contributed by atoms with van der Waals surface area (Å²) in [6.45, 7) is 3.52. The molecule has 0 aromatic heterocycles. The topological polar surface area (TPSA) is 66.4 Å². The SMILES string of the molecule is CC[C@H](NC(=O)c1cc(Br)ccc1C)C(=O)O. The lowest BCUT2D eigenvalue weighted by Crippen LogP contribution is -2.40. The summed E-state index contributed by atoms with van der Waals surface area (Å²) >= 11 is 3.28. The Kier molecular flexibility index (Phi) is 4.69. The zero-order valence-electron chi connectivity index (χ0n) is 9.66. The summed E-state index contributed by atoms with van der Waals surface area (Å²) in [5, 5.41) is 11.4. The Morgan fingerprint density at radius 3 is 2.65 bits per heavy atom. The molecule has 0 aliphatic heterocycles. The fourth-order valence-electron chi connectivity index (χ4n) is 1.41. The Bertz CT molecular complexity index is 445. The summed E-state index contributed by atoms with van der Waals surface area (Å²) < 4.78 is 0.789. The van der Waals surface area contributed by atoms with Crippen LogP contribution in [0.25, 0.3) is 0 Å². The van der Waals surface area contributed by atoms with E-state index >= 15 is 0 Å². The summed E-state index contributed by atoms with van der Waals surface area (Å²) in [5.41, 5.74) is 1.30. The average Bonchev–Trinajstić information content (AvgIpc) is 2.28. The molecular weight excluding hydrogens is 286 g/mol. The number of hydrogen-bond acceptors (Lipinski definition) is 2. The van der Waals surface area contributed by atoms with Crippen molar-refractivity contribution in [3.05, 3.63) is 33.8 Å². The van der Waals surface area contributed by atoms with Gasteiger partial charge in [0.05, 0.1) is 0 Å². The van der Waals surface area contributed by atoms with Gasteiger partial charge in [0.25, 0.3) is 5.91 Å². The fourth-order valence-corrected chi connectivity index (χ4v) is 1.77. The molecule has 4 nitrogen and oxygen atoms in total. The molecular formula is C12H14BrNO3. The van der Waals surface area contributed by atoms with E-state index in [9.17, 15) is 9.59 Å². The minimum absolute atomic E-state index is 0.355. The number of hydrogen-bond donors (Lipinski definition) is 2. The first kappa shape index (κ1) is 13.7. The number of aliphatic carboxylic acids is 1. The predicted octanol–water partition coefficient (Wildman–Crippen LogP) is 2.35. The summed E-state index contributed by atoms with van der Waals surface area (Å²) in [6, 6.07) is 4.47. The second kappa shape index (κ2) is 5.82. The lowest BCUT2D eigenvalue weighted by molar-refractivity contribution is -0.139. The Morgan fingerprint density at radius 2 is 2.12 bits per heavy atom. The monoisotopic (exact) mass is 299 g/mol. The molecule has 0 saturated carbocycles. The Balaban J connectivity index is 2.89. The molecule has 1 atom stereocenters. The third-order valence-electron chi connectivity index (χ3n) is 2.46. The number of benzene rings is 1. The molecule has 0 aliphatic rings. The first-order chi connectivity index (χ1) is 7.95. The molecule has 2 N–H and O–H groups in total. The largest absolute Gasteiger partial charge is 0.480 e. The van der Waals surface area contributed by atoms with E-state index in [1.54, 1.807) is 19.1 Å². The van der Waals surface area contributed by atoms with Crippen molar-refractivity contribution < 1.29 is 14.7 Å². The second-order valence-electron chi connectivity index (χ2n) is 3.73. The fraction of sp³-hybridized carbons (Fsp3) is 0.333. The number of amides is 1. The van der Waals surface area contributed by atoms with Gasteiger partial charge in [0.15, 0.2) is 0 Å². The molecule has 0 saturated heterocycles. The van der Waals surface area contributed by atoms with E-state index in [-0.39, 0.29) is 5.91 Å². The molecule has 1 aromatic carbocycles. The van der Waals surface area contributed by atoms with Crippen molar-refractivity contribution in [2.75, 3.05) is 0 Å². The van der Waals surface area contributed by atoms with E-state index in [4.69, 9.17) is 5.11 Å². The van der Waals surface area contributed by atoms with E-state index < -0.39 is 12.0 Å². The van der Waals surface area contributed by atoms with Crippen LogP contribution in [-0.2, 0) is 4.79 Å². The maximum Gasteiger partial charge on any atom is 0.326 e. The number of carboxylic acids is 1. The van der Waals surface area contributed by atoms with Crippen molar-refractivity contribution in [2.24, 2.45) is 0 Å². The highest BCUT2D eigenvalue weighted by Gasteiger charge is 2.19. The molecule has 0 fully saturated rings. The van der Waals surface area contributed by atoms with Crippen LogP contribution in [0.15, 0.2) is 22.7 Å². The lowest BCUT2D eigenvalue weighted by Gasteiger charge is -2.13. The Morgan fingerprint density at radius 1 is 1.47 bits per heavy atom. The average molecular weight is 300 g/mol. The number of carbonyl (C=O) groups excluding carboxylic acids is 1. The summed E-state index contributed by atoms with van der Waals surface area (Å²) in [6.07, 6.45) is 0.355. The molecule has 17 heavy (non-hydrogen) atoms. The quantitative estimate of drug-likeness (QED) is 0.897. The molecule has 0 spiro atoms. The minimum Gasteiger partial charge on any atom is -0.480 e. The molecule has 0 heterocycles. The molecule has 0 unspecified atom stereocenters. The Hall–Kier alpha value is -1.36. The highest BCUT2D eigenvalue weighted by molar-refractivity contribution is 9.10. The standard InChI is InChI=1S/C12H14BrNO3/c1-3-10(12(16)17)14-11(15)9-6-8(13)5-4-7(9)2/h4-6,10H,3H2,1-2H3,(H,14,15)(H,16,17)/t10-/m0/s1. The zero-order chi connectivity index (χ0) is 13.0. The number of carboxylic acid groups (broad SMARTS) is 1. The third-order valence-corrected chi connectivity index (χ3v) is 2.95. The minimum atomic E-state index is -1.02. The van der Waals surface area contributed by atoms with Crippen LogP contribution in [0.4, 0.5) is 0 Å². The van der Waals surface area contributed by atoms with Crippen LogP contribution in [0.5, 0.6) is 0 Å². The van der Waals surface area contributed by atoms with Gasteiger partial charge in [-0.25, -0.2) is 4.79 Å². The number of rotatable bonds is 4. The molecule has 0 aliphatic carbocycles. The van der Waals surface area contributed by atoms with Gasteiger partial charge in [-0.15, -0.1) is 0 Å². The summed E-state index contributed by atoms with van der Waals surface area (Å²) in [4.78, 5) is 22.7. The van der Waals surface area contributed by atoms with E-state index in [1.807, 2.05) is 13.0 Å². The molecule has 0 radical (unpaired) electrons. The normalized spacial score (nSPS) is 11.9. The highest BCUT2D eigenvalue weighted by Crippen LogP contribution is 2.16. The van der Waals surface area contributed by atoms with Crippen molar-refractivity contribution in [2.45, 2.75) is 26.3 Å². The van der Waals surface area contributed by atoms with Gasteiger partial charge < -0.3 is 10.4 Å². The number of aryl methyl sites for hydroxylation is 1. The smallest absolute Gasteiger partial charge is 0.326 e. The van der Waals surface area contributed by atoms with Crippen LogP contribution in [-0.4, -0.2) is 23.0 Å². The first-order valence-electron chi connectivity index (χ1n) is 5.25. The van der Waals surface area contributed by atoms with Crippen LogP contribution < -0.4 is 5.32 Å². The van der Waals surface area contributed by atoms with Gasteiger partial charge in [-0.3, -0.25) is 4.79 Å². The van der Waals surface area contributed by atoms with Crippen molar-refractivity contribution >= 4 is 27.8 Å². The second-order valence-corrected chi connectivity index (χ2v) is 4.65. The van der Waals surface area contributed by atoms with Crippen LogP contribution in [0, 0.1) is 6.92 Å². The van der Waals surface area contributed by atoms with Crippen molar-refractivity contribution in [1.29, 1.82) is 0 Å². The molecule has 1 amide bonds. The van der Waals surface area contributed by atoms with Gasteiger partial charge in [-0.1, -0.05) is 28.9 Å². The summed E-state index contributed by atoms with van der Waals surface area (Å²) in [7, 11) is 0. The van der Waals surface area contributed by atoms with Crippen molar-refractivity contribution in [1.82, 2.24) is 5.32 Å². The van der Waals surface area contributed by atoms with Gasteiger partial charge in [0, 0.05) is 10.0 Å². The van der Waals surface area contributed by atoms with Crippen LogP contribution in [0.1, 0.15) is 29.3 Å². The van der Waals surface area contributed by atoms with Gasteiger partial charge in [0.2, 0.25) is 0 Å². The molecule has 1 aromatic rings. The predicted molar refractivity (Wildman–Crippen MR) is 68.1 cm³/mol. The number of carbonyl (C=O) groups is 2. The van der Waals surface area contributed by atoms with Gasteiger partial charge in [-0.2, -0.15) is 0 Å². The molecule has 1 rings (SSSR count). The van der Waals surface area contributed by atoms with Gasteiger partial charge in [-0.05, 0) is 31.0 Å². The van der Waals surface area contributed by atoms with E-state index in [1.165, 1.54) is 0 Å². The molecule has 0 bridgehead atoms. The van der Waals surface area contributed by atoms with Crippen LogP contribution in [0.2, 0.25) is 0 Å². The first-order valence-corrected chi connectivity index (χ1v) is 6.04. The lowest BCUT2D eigenvalue weighted by atomic mass is 10.1. The number of nitrogens with one attached hydrogen (secondary N) is 1. The van der Waals surface area contributed by atoms with Crippen molar-refractivity contribution in [3.63, 3.8) is 0 Å². The third kappa shape index (κ3) is 3.56. The highest BCUT2D eigenvalue weighted by atomic mass is 79.9. The van der Waals surface area contributed by atoms with Crippen molar-refractivity contribution in [3.8, 4) is 0 Å². The van der Waals surface area contributed by atoms with E-state index in [2.05, 4.69) is 21.2 Å². The molecule has 5 heteroatoms. The van der Waals surface area contributed by atoms with Crippen LogP contribution in [0.3, 0.4) is 0 Å².